The zero-order valence-electron chi connectivity index (χ0n) is 12.4. The van der Waals surface area contributed by atoms with Gasteiger partial charge in [0, 0.05) is 41.0 Å². The van der Waals surface area contributed by atoms with Gasteiger partial charge in [-0.1, -0.05) is 22.0 Å². The van der Waals surface area contributed by atoms with Crippen LogP contribution in [0.3, 0.4) is 0 Å². The average Bonchev–Trinajstić information content (AvgIpc) is 2.75. The van der Waals surface area contributed by atoms with Crippen LogP contribution in [0.4, 0.5) is 8.78 Å². The van der Waals surface area contributed by atoms with Crippen molar-refractivity contribution in [1.29, 1.82) is 0 Å². The van der Waals surface area contributed by atoms with Gasteiger partial charge in [0.2, 0.25) is 0 Å². The number of rotatable bonds is 3. The molecule has 6 heteroatoms. The number of hydrogen-bond acceptors (Lipinski definition) is 1. The first-order valence-corrected chi connectivity index (χ1v) is 8.05. The first-order valence-electron chi connectivity index (χ1n) is 7.25. The SMILES string of the molecule is CC(C)n1cc(C(=O)NC2CC(F)(F)C2)c2ccc(Br)cc21. The van der Waals surface area contributed by atoms with Crippen molar-refractivity contribution in [3.8, 4) is 0 Å². The Balaban J connectivity index is 1.92. The van der Waals surface area contributed by atoms with E-state index in [0.717, 1.165) is 15.4 Å². The van der Waals surface area contributed by atoms with Crippen molar-refractivity contribution in [3.05, 3.63) is 34.4 Å². The molecule has 1 heterocycles. The molecule has 0 aliphatic heterocycles. The molecule has 1 aromatic carbocycles. The number of fused-ring (bicyclic) bond motifs is 1. The summed E-state index contributed by atoms with van der Waals surface area (Å²) in [6.07, 6.45) is 1.26. The van der Waals surface area contributed by atoms with Crippen molar-refractivity contribution in [2.24, 2.45) is 0 Å². The van der Waals surface area contributed by atoms with E-state index in [1.165, 1.54) is 0 Å². The van der Waals surface area contributed by atoms with E-state index < -0.39 is 12.0 Å². The zero-order chi connectivity index (χ0) is 16.1. The second kappa shape index (κ2) is 5.33. The van der Waals surface area contributed by atoms with Crippen LogP contribution in [0.15, 0.2) is 28.9 Å². The predicted molar refractivity (Wildman–Crippen MR) is 85.5 cm³/mol. The van der Waals surface area contributed by atoms with Crippen molar-refractivity contribution in [2.45, 2.75) is 44.7 Å². The number of halogens is 3. The minimum absolute atomic E-state index is 0.200. The van der Waals surface area contributed by atoms with Crippen LogP contribution in [0.25, 0.3) is 10.9 Å². The molecule has 1 amide bonds. The maximum atomic E-state index is 12.9. The number of carbonyl (C=O) groups excluding carboxylic acids is 1. The molecule has 1 N–H and O–H groups in total. The van der Waals surface area contributed by atoms with Crippen LogP contribution in [0.2, 0.25) is 0 Å². The summed E-state index contributed by atoms with van der Waals surface area (Å²) >= 11 is 3.44. The lowest BCUT2D eigenvalue weighted by atomic mass is 9.88. The lowest BCUT2D eigenvalue weighted by molar-refractivity contribution is -0.0901. The number of amides is 1. The Morgan fingerprint density at radius 1 is 1.41 bits per heavy atom. The normalized spacial score (nSPS) is 17.7. The van der Waals surface area contributed by atoms with Crippen LogP contribution in [0, 0.1) is 0 Å². The third-order valence-corrected chi connectivity index (χ3v) is 4.52. The summed E-state index contributed by atoms with van der Waals surface area (Å²) in [6.45, 7) is 4.07. The van der Waals surface area contributed by atoms with Crippen molar-refractivity contribution >= 4 is 32.7 Å². The Kier molecular flexibility index (Phi) is 3.75. The molecular formula is C16H17BrF2N2O. The molecule has 0 unspecified atom stereocenters. The summed E-state index contributed by atoms with van der Waals surface area (Å²) in [5.74, 6) is -2.92. The van der Waals surface area contributed by atoms with E-state index in [1.807, 2.05) is 36.6 Å². The molecule has 1 aromatic heterocycles. The predicted octanol–water partition coefficient (Wildman–Crippen LogP) is 4.51. The van der Waals surface area contributed by atoms with E-state index in [2.05, 4.69) is 21.2 Å². The van der Waals surface area contributed by atoms with Crippen molar-refractivity contribution in [3.63, 3.8) is 0 Å². The first-order chi connectivity index (χ1) is 10.3. The summed E-state index contributed by atoms with van der Waals surface area (Å²) in [5, 5.41) is 3.54. The molecule has 2 aromatic rings. The van der Waals surface area contributed by atoms with E-state index in [4.69, 9.17) is 0 Å². The second-order valence-corrected chi connectivity index (χ2v) is 7.06. The molecule has 118 valence electrons. The van der Waals surface area contributed by atoms with Crippen LogP contribution in [-0.2, 0) is 0 Å². The molecule has 1 saturated carbocycles. The molecule has 1 fully saturated rings. The maximum Gasteiger partial charge on any atom is 0.253 e. The number of benzene rings is 1. The van der Waals surface area contributed by atoms with Gasteiger partial charge in [-0.3, -0.25) is 4.79 Å². The summed E-state index contributed by atoms with van der Waals surface area (Å²) < 4.78 is 28.7. The maximum absolute atomic E-state index is 12.9. The van der Waals surface area contributed by atoms with Gasteiger partial charge in [0.05, 0.1) is 11.1 Å². The number of nitrogens with one attached hydrogen (secondary N) is 1. The summed E-state index contributed by atoms with van der Waals surface area (Å²) in [4.78, 5) is 12.4. The van der Waals surface area contributed by atoms with E-state index in [9.17, 15) is 13.6 Å². The Morgan fingerprint density at radius 2 is 2.09 bits per heavy atom. The monoisotopic (exact) mass is 370 g/mol. The number of carbonyl (C=O) groups is 1. The van der Waals surface area contributed by atoms with E-state index in [-0.39, 0.29) is 24.8 Å². The van der Waals surface area contributed by atoms with Gasteiger partial charge in [0.15, 0.2) is 0 Å². The van der Waals surface area contributed by atoms with Crippen LogP contribution in [0.5, 0.6) is 0 Å². The van der Waals surface area contributed by atoms with Crippen LogP contribution in [-0.4, -0.2) is 22.4 Å². The van der Waals surface area contributed by atoms with Gasteiger partial charge in [0.25, 0.3) is 11.8 Å². The Morgan fingerprint density at radius 3 is 2.68 bits per heavy atom. The molecule has 0 bridgehead atoms. The fourth-order valence-corrected chi connectivity index (χ4v) is 3.21. The smallest absolute Gasteiger partial charge is 0.253 e. The lowest BCUT2D eigenvalue weighted by Crippen LogP contribution is -2.50. The van der Waals surface area contributed by atoms with Gasteiger partial charge in [-0.2, -0.15) is 0 Å². The van der Waals surface area contributed by atoms with Crippen LogP contribution >= 0.6 is 15.9 Å². The Hall–Kier alpha value is -1.43. The molecule has 22 heavy (non-hydrogen) atoms. The Bertz CT molecular complexity index is 731. The first kappa shape index (κ1) is 15.5. The minimum Gasteiger partial charge on any atom is -0.349 e. The highest BCUT2D eigenvalue weighted by atomic mass is 79.9. The van der Waals surface area contributed by atoms with Crippen molar-refractivity contribution in [2.75, 3.05) is 0 Å². The van der Waals surface area contributed by atoms with Gasteiger partial charge in [-0.15, -0.1) is 0 Å². The standard InChI is InChI=1S/C16H17BrF2N2O/c1-9(2)21-8-13(12-4-3-10(17)5-14(12)21)15(22)20-11-6-16(18,19)7-11/h3-5,8-9,11H,6-7H2,1-2H3,(H,20,22). The van der Waals surface area contributed by atoms with E-state index in [0.29, 0.717) is 5.56 Å². The average molecular weight is 371 g/mol. The molecule has 0 spiro atoms. The highest BCUT2D eigenvalue weighted by Gasteiger charge is 2.46. The fraction of sp³-hybridized carbons (Fsp3) is 0.438. The summed E-state index contributed by atoms with van der Waals surface area (Å²) in [6, 6.07) is 5.48. The lowest BCUT2D eigenvalue weighted by Gasteiger charge is -2.35. The van der Waals surface area contributed by atoms with Crippen LogP contribution in [0.1, 0.15) is 43.1 Å². The van der Waals surface area contributed by atoms with Gasteiger partial charge in [-0.25, -0.2) is 8.78 Å². The molecule has 0 radical (unpaired) electrons. The number of hydrogen-bond donors (Lipinski definition) is 1. The third-order valence-electron chi connectivity index (χ3n) is 4.02. The van der Waals surface area contributed by atoms with Gasteiger partial charge >= 0.3 is 0 Å². The highest BCUT2D eigenvalue weighted by Crippen LogP contribution is 2.37. The number of aromatic nitrogens is 1. The molecule has 0 saturated heterocycles. The van der Waals surface area contributed by atoms with Gasteiger partial charge in [-0.05, 0) is 26.0 Å². The quantitative estimate of drug-likeness (QED) is 0.846. The summed E-state index contributed by atoms with van der Waals surface area (Å²) in [5.41, 5.74) is 1.49. The summed E-state index contributed by atoms with van der Waals surface area (Å²) in [7, 11) is 0. The third kappa shape index (κ3) is 2.76. The second-order valence-electron chi connectivity index (χ2n) is 6.14. The fourth-order valence-electron chi connectivity index (χ4n) is 2.86. The van der Waals surface area contributed by atoms with Crippen LogP contribution < -0.4 is 5.32 Å². The van der Waals surface area contributed by atoms with Crippen molar-refractivity contribution in [1.82, 2.24) is 9.88 Å². The molecule has 1 aliphatic carbocycles. The van der Waals surface area contributed by atoms with Gasteiger partial charge < -0.3 is 9.88 Å². The molecule has 0 atom stereocenters. The topological polar surface area (TPSA) is 34.0 Å². The largest absolute Gasteiger partial charge is 0.349 e. The van der Waals surface area contributed by atoms with E-state index >= 15 is 0 Å². The molecule has 3 rings (SSSR count). The molecule has 3 nitrogen and oxygen atoms in total. The number of nitrogens with zero attached hydrogens (tertiary/aromatic N) is 1. The highest BCUT2D eigenvalue weighted by molar-refractivity contribution is 9.10. The molecular weight excluding hydrogens is 354 g/mol. The Labute approximate surface area is 135 Å². The van der Waals surface area contributed by atoms with Crippen molar-refractivity contribution < 1.29 is 13.6 Å². The number of alkyl halides is 2. The van der Waals surface area contributed by atoms with E-state index in [1.54, 1.807) is 6.20 Å². The minimum atomic E-state index is -2.63. The van der Waals surface area contributed by atoms with Gasteiger partial charge in [0.1, 0.15) is 0 Å². The zero-order valence-corrected chi connectivity index (χ0v) is 14.0. The molecule has 1 aliphatic rings.